The normalized spacial score (nSPS) is 17.4. The fourth-order valence-corrected chi connectivity index (χ4v) is 3.08. The number of carbonyl (C=O) groups excluding carboxylic acids is 2. The Balaban J connectivity index is 2.12. The fourth-order valence-electron chi connectivity index (χ4n) is 3.08. The van der Waals surface area contributed by atoms with E-state index in [4.69, 9.17) is 5.73 Å². The van der Waals surface area contributed by atoms with Crippen molar-refractivity contribution in [3.8, 4) is 11.1 Å². The van der Waals surface area contributed by atoms with Gasteiger partial charge in [-0.25, -0.2) is 9.40 Å². The maximum atomic E-state index is 13.9. The number of carbonyl (C=O) groups is 2. The molecule has 1 heterocycles. The van der Waals surface area contributed by atoms with Crippen LogP contribution in [0.5, 0.6) is 0 Å². The predicted octanol–water partition coefficient (Wildman–Crippen LogP) is 2.96. The molecule has 0 fully saturated rings. The van der Waals surface area contributed by atoms with Gasteiger partial charge in [0, 0.05) is 5.56 Å². The zero-order valence-electron chi connectivity index (χ0n) is 15.0. The van der Waals surface area contributed by atoms with Gasteiger partial charge in [0.2, 0.25) is 0 Å². The molecular weight excluding hydrogens is 333 g/mol. The summed E-state index contributed by atoms with van der Waals surface area (Å²) in [5.74, 6) is -1.73. The summed E-state index contributed by atoms with van der Waals surface area (Å²) in [4.78, 5) is 25.5. The van der Waals surface area contributed by atoms with Crippen molar-refractivity contribution in [2.75, 3.05) is 5.01 Å². The first-order chi connectivity index (χ1) is 12.3. The summed E-state index contributed by atoms with van der Waals surface area (Å²) in [6.45, 7) is 5.42. The summed E-state index contributed by atoms with van der Waals surface area (Å²) in [7, 11) is 0. The van der Waals surface area contributed by atoms with Gasteiger partial charge in [0.1, 0.15) is 5.82 Å². The van der Waals surface area contributed by atoms with E-state index in [-0.39, 0.29) is 17.6 Å². The molecule has 1 aliphatic rings. The van der Waals surface area contributed by atoms with E-state index in [1.807, 2.05) is 19.9 Å². The first-order valence-corrected chi connectivity index (χ1v) is 8.60. The summed E-state index contributed by atoms with van der Waals surface area (Å²) in [5, 5.41) is 1.24. The number of amides is 2. The van der Waals surface area contributed by atoms with Crippen molar-refractivity contribution in [3.63, 3.8) is 0 Å². The van der Waals surface area contributed by atoms with Gasteiger partial charge < -0.3 is 5.73 Å². The van der Waals surface area contributed by atoms with Crippen LogP contribution in [0.15, 0.2) is 42.5 Å². The molecule has 2 amide bonds. The van der Waals surface area contributed by atoms with Gasteiger partial charge in [-0.1, -0.05) is 38.1 Å². The van der Waals surface area contributed by atoms with E-state index in [2.05, 4.69) is 5.43 Å². The van der Waals surface area contributed by atoms with Crippen LogP contribution < -0.4 is 16.2 Å². The van der Waals surface area contributed by atoms with Crippen LogP contribution in [0, 0.1) is 11.7 Å². The van der Waals surface area contributed by atoms with E-state index in [1.54, 1.807) is 31.2 Å². The molecule has 5 nitrogen and oxygen atoms in total. The second kappa shape index (κ2) is 6.88. The molecule has 1 unspecified atom stereocenters. The Hall–Kier alpha value is -2.73. The molecule has 0 saturated carbocycles. The van der Waals surface area contributed by atoms with Crippen molar-refractivity contribution >= 4 is 17.5 Å². The van der Waals surface area contributed by atoms with Crippen LogP contribution in [0.4, 0.5) is 10.1 Å². The number of nitrogens with zero attached hydrogens (tertiary/aromatic N) is 1. The zero-order valence-corrected chi connectivity index (χ0v) is 15.0. The summed E-state index contributed by atoms with van der Waals surface area (Å²) < 4.78 is 13.9. The van der Waals surface area contributed by atoms with Crippen LogP contribution in [0.25, 0.3) is 11.1 Å². The minimum Gasteiger partial charge on any atom is -0.320 e. The van der Waals surface area contributed by atoms with Crippen molar-refractivity contribution in [3.05, 3.63) is 53.8 Å². The summed E-state index contributed by atoms with van der Waals surface area (Å²) in [6.07, 6.45) is 0. The van der Waals surface area contributed by atoms with Gasteiger partial charge in [0.25, 0.3) is 11.8 Å². The van der Waals surface area contributed by atoms with Gasteiger partial charge in [0.05, 0.1) is 17.6 Å². The van der Waals surface area contributed by atoms with Crippen LogP contribution in [-0.2, 0) is 9.59 Å². The Morgan fingerprint density at radius 3 is 2.58 bits per heavy atom. The lowest BCUT2D eigenvalue weighted by Gasteiger charge is -2.27. The molecule has 0 radical (unpaired) electrons. The third-order valence-corrected chi connectivity index (χ3v) is 4.75. The van der Waals surface area contributed by atoms with Crippen molar-refractivity contribution in [1.29, 1.82) is 0 Å². The van der Waals surface area contributed by atoms with Gasteiger partial charge in [-0.2, -0.15) is 0 Å². The van der Waals surface area contributed by atoms with E-state index in [9.17, 15) is 14.0 Å². The number of halogens is 1. The summed E-state index contributed by atoms with van der Waals surface area (Å²) >= 11 is 0. The number of benzene rings is 2. The Kier molecular flexibility index (Phi) is 4.78. The molecule has 0 spiro atoms. The molecule has 2 atom stereocenters. The Bertz CT molecular complexity index is 866. The molecule has 1 aliphatic heterocycles. The quantitative estimate of drug-likeness (QED) is 0.889. The van der Waals surface area contributed by atoms with Crippen LogP contribution in [-0.4, -0.2) is 17.9 Å². The molecule has 0 bridgehead atoms. The highest BCUT2D eigenvalue weighted by atomic mass is 19.1. The van der Waals surface area contributed by atoms with Crippen LogP contribution in [0.2, 0.25) is 0 Å². The lowest BCUT2D eigenvalue weighted by Crippen LogP contribution is -2.54. The van der Waals surface area contributed by atoms with Crippen molar-refractivity contribution in [1.82, 2.24) is 5.43 Å². The second-order valence-corrected chi connectivity index (χ2v) is 6.89. The number of hydrogen-bond donors (Lipinski definition) is 2. The van der Waals surface area contributed by atoms with Crippen molar-refractivity contribution < 1.29 is 14.0 Å². The average Bonchev–Trinajstić information content (AvgIpc) is 2.71. The minimum absolute atomic E-state index is 0.0731. The molecule has 0 saturated heterocycles. The standard InChI is InChI=1S/C20H22FN3O2/c1-11(2)18(22)19(25)23-24-17-7-5-4-6-15(17)16-10-13(21)8-9-14(16)12(3)20(24)26/h4-12,18H,22H2,1-3H3,(H,23,25)/t12?,18-/m0/s1. The maximum absolute atomic E-state index is 13.9. The molecule has 6 heteroatoms. The molecule has 136 valence electrons. The number of hydrazine groups is 1. The van der Waals surface area contributed by atoms with Gasteiger partial charge in [0.15, 0.2) is 0 Å². The SMILES string of the molecule is CC1C(=O)N(NC(=O)[C@@H](N)C(C)C)c2ccccc2-c2cc(F)ccc21. The summed E-state index contributed by atoms with van der Waals surface area (Å²) in [5.41, 5.74) is 11.1. The van der Waals surface area contributed by atoms with Crippen LogP contribution >= 0.6 is 0 Å². The largest absolute Gasteiger partial charge is 0.320 e. The predicted molar refractivity (Wildman–Crippen MR) is 98.7 cm³/mol. The first-order valence-electron chi connectivity index (χ1n) is 8.60. The molecule has 3 N–H and O–H groups in total. The van der Waals surface area contributed by atoms with E-state index in [1.165, 1.54) is 17.1 Å². The smallest absolute Gasteiger partial charge is 0.256 e. The Morgan fingerprint density at radius 2 is 1.88 bits per heavy atom. The molecule has 2 aromatic carbocycles. The van der Waals surface area contributed by atoms with E-state index < -0.39 is 17.9 Å². The van der Waals surface area contributed by atoms with Gasteiger partial charge in [-0.05, 0) is 42.2 Å². The number of hydrogen-bond acceptors (Lipinski definition) is 3. The van der Waals surface area contributed by atoms with Gasteiger partial charge >= 0.3 is 0 Å². The number of fused-ring (bicyclic) bond motifs is 3. The van der Waals surface area contributed by atoms with Crippen molar-refractivity contribution in [2.45, 2.75) is 32.7 Å². The second-order valence-electron chi connectivity index (χ2n) is 6.89. The molecule has 0 aromatic heterocycles. The van der Waals surface area contributed by atoms with Crippen LogP contribution in [0.1, 0.15) is 32.3 Å². The minimum atomic E-state index is -0.742. The molecule has 26 heavy (non-hydrogen) atoms. The Morgan fingerprint density at radius 1 is 1.19 bits per heavy atom. The molecule has 3 rings (SSSR count). The van der Waals surface area contributed by atoms with E-state index in [0.29, 0.717) is 22.4 Å². The fraction of sp³-hybridized carbons (Fsp3) is 0.300. The molecule has 0 aliphatic carbocycles. The maximum Gasteiger partial charge on any atom is 0.256 e. The van der Waals surface area contributed by atoms with Crippen molar-refractivity contribution in [2.24, 2.45) is 11.7 Å². The highest BCUT2D eigenvalue weighted by Crippen LogP contribution is 2.40. The Labute approximate surface area is 152 Å². The number of nitrogens with two attached hydrogens (primary N) is 1. The molecular formula is C20H22FN3O2. The lowest BCUT2D eigenvalue weighted by molar-refractivity contribution is -0.127. The van der Waals surface area contributed by atoms with Gasteiger partial charge in [-0.15, -0.1) is 0 Å². The first kappa shape index (κ1) is 18.1. The number of nitrogens with one attached hydrogen (secondary N) is 1. The highest BCUT2D eigenvalue weighted by molar-refractivity contribution is 6.06. The average molecular weight is 355 g/mol. The lowest BCUT2D eigenvalue weighted by atomic mass is 9.92. The topological polar surface area (TPSA) is 75.4 Å². The van der Waals surface area contributed by atoms with E-state index in [0.717, 1.165) is 0 Å². The van der Waals surface area contributed by atoms with E-state index >= 15 is 0 Å². The third-order valence-electron chi connectivity index (χ3n) is 4.75. The van der Waals surface area contributed by atoms with Gasteiger partial charge in [-0.3, -0.25) is 15.0 Å². The highest BCUT2D eigenvalue weighted by Gasteiger charge is 2.33. The molecule has 2 aromatic rings. The zero-order chi connectivity index (χ0) is 19.0. The summed E-state index contributed by atoms with van der Waals surface area (Å²) in [6, 6.07) is 10.7. The number of anilines is 1. The van der Waals surface area contributed by atoms with Crippen LogP contribution in [0.3, 0.4) is 0 Å². The number of rotatable bonds is 3. The third kappa shape index (κ3) is 3.08. The number of para-hydroxylation sites is 1. The monoisotopic (exact) mass is 355 g/mol.